The highest BCUT2D eigenvalue weighted by Crippen LogP contribution is 2.28. The van der Waals surface area contributed by atoms with Crippen LogP contribution in [0.5, 0.6) is 0 Å². The predicted octanol–water partition coefficient (Wildman–Crippen LogP) is 2.63. The number of hydrogen-bond acceptors (Lipinski definition) is 2. The number of benzene rings is 1. The second-order valence-corrected chi connectivity index (χ2v) is 4.12. The summed E-state index contributed by atoms with van der Waals surface area (Å²) in [5.41, 5.74) is 3.92. The minimum absolute atomic E-state index is 0.212. The molecule has 1 aliphatic carbocycles. The average molecular weight is 218 g/mol. The molecule has 1 aromatic heterocycles. The van der Waals surface area contributed by atoms with Crippen molar-refractivity contribution in [2.75, 3.05) is 0 Å². The van der Waals surface area contributed by atoms with E-state index in [2.05, 4.69) is 10.1 Å². The van der Waals surface area contributed by atoms with Crippen LogP contribution in [0.4, 0.5) is 4.39 Å². The van der Waals surface area contributed by atoms with Crippen LogP contribution in [0.3, 0.4) is 0 Å². The lowest BCUT2D eigenvalue weighted by atomic mass is 9.94. The van der Waals surface area contributed by atoms with E-state index in [-0.39, 0.29) is 5.82 Å². The summed E-state index contributed by atoms with van der Waals surface area (Å²) in [6, 6.07) is 4.76. The predicted molar refractivity (Wildman–Crippen MR) is 59.5 cm³/mol. The zero-order chi connectivity index (χ0) is 11.1. The summed E-state index contributed by atoms with van der Waals surface area (Å²) in [5.74, 6) is -0.212. The summed E-state index contributed by atoms with van der Waals surface area (Å²) in [5, 5.41) is 13.0. The molecule has 0 atom stereocenters. The summed E-state index contributed by atoms with van der Waals surface area (Å²) < 4.78 is 13.1. The normalized spacial score (nSPS) is 17.9. The Kier molecular flexibility index (Phi) is 1.96. The molecule has 0 saturated heterocycles. The first-order valence-electron chi connectivity index (χ1n) is 5.26. The molecule has 0 bridgehead atoms. The van der Waals surface area contributed by atoms with Crippen molar-refractivity contribution >= 4 is 16.6 Å². The number of nitrogens with zero attached hydrogens (tertiary/aromatic N) is 1. The Labute approximate surface area is 91.6 Å². The quantitative estimate of drug-likeness (QED) is 0.518. The number of H-pyrrole nitrogens is 1. The molecule has 3 nitrogen and oxygen atoms in total. The van der Waals surface area contributed by atoms with Gasteiger partial charge in [-0.05, 0) is 36.6 Å². The second-order valence-electron chi connectivity index (χ2n) is 4.12. The summed E-state index contributed by atoms with van der Waals surface area (Å²) in [6.07, 6.45) is 2.17. The van der Waals surface area contributed by atoms with Gasteiger partial charge in [-0.3, -0.25) is 0 Å². The summed E-state index contributed by atoms with van der Waals surface area (Å²) in [7, 11) is 0. The van der Waals surface area contributed by atoms with Crippen LogP contribution in [0.1, 0.15) is 17.7 Å². The van der Waals surface area contributed by atoms with Crippen LogP contribution in [0, 0.1) is 5.82 Å². The molecule has 0 spiro atoms. The maximum atomic E-state index is 13.1. The third kappa shape index (κ3) is 1.30. The van der Waals surface area contributed by atoms with Gasteiger partial charge in [0, 0.05) is 23.0 Å². The van der Waals surface area contributed by atoms with Crippen LogP contribution in [-0.4, -0.2) is 15.9 Å². The average Bonchev–Trinajstić information content (AvgIpc) is 2.66. The lowest BCUT2D eigenvalue weighted by molar-refractivity contribution is 0.316. The standard InChI is InChI=1S/C12H11FN2O/c13-7-1-4-11-10(5-7)9-3-2-8(15-16)6-12(9)14-11/h1,4-5,14,16H,2-3,6H2/b15-8-. The molecule has 1 aliphatic rings. The number of oxime groups is 1. The molecule has 0 saturated carbocycles. The summed E-state index contributed by atoms with van der Waals surface area (Å²) >= 11 is 0. The smallest absolute Gasteiger partial charge is 0.123 e. The van der Waals surface area contributed by atoms with Gasteiger partial charge in [0.15, 0.2) is 0 Å². The van der Waals surface area contributed by atoms with Gasteiger partial charge >= 0.3 is 0 Å². The lowest BCUT2D eigenvalue weighted by Crippen LogP contribution is -2.12. The highest BCUT2D eigenvalue weighted by Gasteiger charge is 2.19. The van der Waals surface area contributed by atoms with Gasteiger partial charge in [0.1, 0.15) is 5.82 Å². The number of halogens is 1. The molecule has 2 N–H and O–H groups in total. The van der Waals surface area contributed by atoms with Gasteiger partial charge in [0.2, 0.25) is 0 Å². The molecule has 0 fully saturated rings. The summed E-state index contributed by atoms with van der Waals surface area (Å²) in [4.78, 5) is 3.25. The number of aromatic amines is 1. The van der Waals surface area contributed by atoms with E-state index in [1.807, 2.05) is 0 Å². The fourth-order valence-electron chi connectivity index (χ4n) is 2.36. The van der Waals surface area contributed by atoms with E-state index in [0.717, 1.165) is 40.7 Å². The molecule has 0 unspecified atom stereocenters. The van der Waals surface area contributed by atoms with E-state index in [4.69, 9.17) is 5.21 Å². The van der Waals surface area contributed by atoms with Crippen molar-refractivity contribution in [3.8, 4) is 0 Å². The van der Waals surface area contributed by atoms with E-state index < -0.39 is 0 Å². The van der Waals surface area contributed by atoms with E-state index >= 15 is 0 Å². The second kappa shape index (κ2) is 3.33. The van der Waals surface area contributed by atoms with Gasteiger partial charge in [-0.25, -0.2) is 4.39 Å². The third-order valence-electron chi connectivity index (χ3n) is 3.14. The first kappa shape index (κ1) is 9.39. The Hall–Kier alpha value is -1.84. The van der Waals surface area contributed by atoms with E-state index in [9.17, 15) is 4.39 Å². The van der Waals surface area contributed by atoms with Crippen LogP contribution < -0.4 is 0 Å². The molecule has 16 heavy (non-hydrogen) atoms. The van der Waals surface area contributed by atoms with Gasteiger partial charge in [-0.15, -0.1) is 0 Å². The number of nitrogens with one attached hydrogen (secondary N) is 1. The molecular weight excluding hydrogens is 207 g/mol. The fourth-order valence-corrected chi connectivity index (χ4v) is 2.36. The topological polar surface area (TPSA) is 48.4 Å². The largest absolute Gasteiger partial charge is 0.411 e. The Morgan fingerprint density at radius 1 is 1.31 bits per heavy atom. The zero-order valence-electron chi connectivity index (χ0n) is 8.63. The van der Waals surface area contributed by atoms with Crippen molar-refractivity contribution in [3.63, 3.8) is 0 Å². The Morgan fingerprint density at radius 2 is 2.19 bits per heavy atom. The first-order valence-corrected chi connectivity index (χ1v) is 5.26. The first-order chi connectivity index (χ1) is 7.78. The molecule has 0 radical (unpaired) electrons. The van der Waals surface area contributed by atoms with E-state index in [1.54, 1.807) is 12.1 Å². The Bertz CT molecular complexity index is 586. The Balaban J connectivity index is 2.20. The highest BCUT2D eigenvalue weighted by atomic mass is 19.1. The third-order valence-corrected chi connectivity index (χ3v) is 3.14. The van der Waals surface area contributed by atoms with Crippen LogP contribution in [0.25, 0.3) is 10.9 Å². The van der Waals surface area contributed by atoms with E-state index in [0.29, 0.717) is 6.42 Å². The highest BCUT2D eigenvalue weighted by molar-refractivity contribution is 5.93. The number of fused-ring (bicyclic) bond motifs is 3. The SMILES string of the molecule is O/N=C1/CCc2c([nH]c3ccc(F)cc23)C1. The molecule has 0 amide bonds. The van der Waals surface area contributed by atoms with Crippen molar-refractivity contribution in [2.24, 2.45) is 5.16 Å². The lowest BCUT2D eigenvalue weighted by Gasteiger charge is -2.12. The maximum absolute atomic E-state index is 13.1. The van der Waals surface area contributed by atoms with Gasteiger partial charge in [-0.1, -0.05) is 5.16 Å². The van der Waals surface area contributed by atoms with Crippen LogP contribution in [0.15, 0.2) is 23.4 Å². The molecule has 1 heterocycles. The molecule has 1 aromatic carbocycles. The van der Waals surface area contributed by atoms with Gasteiger partial charge in [-0.2, -0.15) is 0 Å². The number of aryl methyl sites for hydroxylation is 1. The minimum Gasteiger partial charge on any atom is -0.411 e. The van der Waals surface area contributed by atoms with Crippen molar-refractivity contribution in [3.05, 3.63) is 35.3 Å². The van der Waals surface area contributed by atoms with Crippen molar-refractivity contribution in [2.45, 2.75) is 19.3 Å². The zero-order valence-corrected chi connectivity index (χ0v) is 8.63. The molecular formula is C12H11FN2O. The van der Waals surface area contributed by atoms with Crippen LogP contribution >= 0.6 is 0 Å². The van der Waals surface area contributed by atoms with Crippen LogP contribution in [-0.2, 0) is 12.8 Å². The van der Waals surface area contributed by atoms with Crippen LogP contribution in [0.2, 0.25) is 0 Å². The molecule has 82 valence electrons. The monoisotopic (exact) mass is 218 g/mol. The molecule has 3 rings (SSSR count). The summed E-state index contributed by atoms with van der Waals surface area (Å²) in [6.45, 7) is 0. The van der Waals surface area contributed by atoms with Gasteiger partial charge in [0.05, 0.1) is 5.71 Å². The molecule has 0 aliphatic heterocycles. The van der Waals surface area contributed by atoms with Gasteiger partial charge in [0.25, 0.3) is 0 Å². The van der Waals surface area contributed by atoms with E-state index in [1.165, 1.54) is 6.07 Å². The maximum Gasteiger partial charge on any atom is 0.123 e. The van der Waals surface area contributed by atoms with Crippen molar-refractivity contribution < 1.29 is 9.60 Å². The molecule has 4 heteroatoms. The number of aromatic nitrogens is 1. The Morgan fingerprint density at radius 3 is 3.00 bits per heavy atom. The minimum atomic E-state index is -0.212. The van der Waals surface area contributed by atoms with Crippen molar-refractivity contribution in [1.82, 2.24) is 4.98 Å². The fraction of sp³-hybridized carbons (Fsp3) is 0.250. The number of hydrogen-bond donors (Lipinski definition) is 2. The number of rotatable bonds is 0. The molecule has 2 aromatic rings. The van der Waals surface area contributed by atoms with Gasteiger partial charge < -0.3 is 10.2 Å². The van der Waals surface area contributed by atoms with Crippen molar-refractivity contribution in [1.29, 1.82) is 0 Å².